The molecule has 5 heteroatoms. The van der Waals surface area contributed by atoms with Crippen molar-refractivity contribution in [1.82, 2.24) is 9.80 Å². The van der Waals surface area contributed by atoms with E-state index in [2.05, 4.69) is 10.2 Å². The van der Waals surface area contributed by atoms with E-state index >= 15 is 0 Å². The minimum absolute atomic E-state index is 0.0721. The molecule has 1 aromatic rings. The average molecular weight is 277 g/mol. The molecule has 0 radical (unpaired) electrons. The number of benzene rings is 1. The zero-order valence-corrected chi connectivity index (χ0v) is 12.3. The first kappa shape index (κ1) is 14.8. The van der Waals surface area contributed by atoms with Gasteiger partial charge in [-0.25, -0.2) is 4.79 Å². The highest BCUT2D eigenvalue weighted by Crippen LogP contribution is 2.19. The lowest BCUT2D eigenvalue weighted by atomic mass is 10.1. The average Bonchev–Trinajstić information content (AvgIpc) is 2.88. The second-order valence-corrected chi connectivity index (χ2v) is 5.58. The van der Waals surface area contributed by atoms with Gasteiger partial charge in [0.15, 0.2) is 0 Å². The van der Waals surface area contributed by atoms with Gasteiger partial charge in [-0.3, -0.25) is 0 Å². The number of hydrogen-bond donors (Lipinski definition) is 2. The summed E-state index contributed by atoms with van der Waals surface area (Å²) in [5.74, 6) is 0. The van der Waals surface area contributed by atoms with Gasteiger partial charge in [-0.15, -0.1) is 0 Å². The summed E-state index contributed by atoms with van der Waals surface area (Å²) in [5, 5.41) is 12.5. The molecule has 1 aliphatic heterocycles. The van der Waals surface area contributed by atoms with Crippen LogP contribution in [-0.2, 0) is 0 Å². The van der Waals surface area contributed by atoms with Gasteiger partial charge in [-0.2, -0.15) is 0 Å². The molecule has 1 heterocycles. The number of nitrogens with zero attached hydrogens (tertiary/aromatic N) is 2. The fourth-order valence-electron chi connectivity index (χ4n) is 2.43. The first-order chi connectivity index (χ1) is 9.47. The number of likely N-dealkylation sites (tertiary alicyclic amines) is 1. The zero-order chi connectivity index (χ0) is 14.7. The Balaban J connectivity index is 1.97. The SMILES string of the molecule is CC(O)c1cccc(NC(=O)N2CCC(N(C)C)C2)c1. The van der Waals surface area contributed by atoms with E-state index in [4.69, 9.17) is 0 Å². The van der Waals surface area contributed by atoms with Crippen LogP contribution in [0.15, 0.2) is 24.3 Å². The smallest absolute Gasteiger partial charge is 0.321 e. The highest BCUT2D eigenvalue weighted by atomic mass is 16.3. The number of amides is 2. The first-order valence-corrected chi connectivity index (χ1v) is 6.97. The lowest BCUT2D eigenvalue weighted by Gasteiger charge is -2.21. The van der Waals surface area contributed by atoms with Crippen molar-refractivity contribution in [2.75, 3.05) is 32.5 Å². The van der Waals surface area contributed by atoms with Crippen molar-refractivity contribution in [2.45, 2.75) is 25.5 Å². The fraction of sp³-hybridized carbons (Fsp3) is 0.533. The molecule has 110 valence electrons. The number of likely N-dealkylation sites (N-methyl/N-ethyl adjacent to an activating group) is 1. The normalized spacial score (nSPS) is 20.2. The summed E-state index contributed by atoms with van der Waals surface area (Å²) in [6.45, 7) is 3.25. The third-order valence-corrected chi connectivity index (χ3v) is 3.80. The Morgan fingerprint density at radius 1 is 1.50 bits per heavy atom. The number of urea groups is 1. The number of rotatable bonds is 3. The van der Waals surface area contributed by atoms with Crippen LogP contribution >= 0.6 is 0 Å². The summed E-state index contributed by atoms with van der Waals surface area (Å²) in [4.78, 5) is 16.2. The molecule has 2 rings (SSSR count). The lowest BCUT2D eigenvalue weighted by molar-refractivity contribution is 0.199. The van der Waals surface area contributed by atoms with Gasteiger partial charge >= 0.3 is 6.03 Å². The van der Waals surface area contributed by atoms with Crippen LogP contribution in [0.4, 0.5) is 10.5 Å². The largest absolute Gasteiger partial charge is 0.389 e. The van der Waals surface area contributed by atoms with E-state index in [1.54, 1.807) is 6.92 Å². The van der Waals surface area contributed by atoms with Crippen molar-refractivity contribution in [2.24, 2.45) is 0 Å². The van der Waals surface area contributed by atoms with Crippen molar-refractivity contribution >= 4 is 11.7 Å². The van der Waals surface area contributed by atoms with Crippen LogP contribution in [0.3, 0.4) is 0 Å². The Morgan fingerprint density at radius 3 is 2.85 bits per heavy atom. The van der Waals surface area contributed by atoms with Crippen LogP contribution in [0.1, 0.15) is 25.0 Å². The van der Waals surface area contributed by atoms with Crippen molar-refractivity contribution in [3.8, 4) is 0 Å². The van der Waals surface area contributed by atoms with Gasteiger partial charge in [0, 0.05) is 24.8 Å². The second kappa shape index (κ2) is 6.24. The molecule has 2 atom stereocenters. The molecule has 0 bridgehead atoms. The summed E-state index contributed by atoms with van der Waals surface area (Å²) in [7, 11) is 4.08. The summed E-state index contributed by atoms with van der Waals surface area (Å²) in [5.41, 5.74) is 1.53. The molecule has 0 saturated carbocycles. The standard InChI is InChI=1S/C15H23N3O2/c1-11(19)12-5-4-6-13(9-12)16-15(20)18-8-7-14(10-18)17(2)3/h4-6,9,11,14,19H,7-8,10H2,1-3H3,(H,16,20). The van der Waals surface area contributed by atoms with E-state index in [9.17, 15) is 9.90 Å². The van der Waals surface area contributed by atoms with Crippen molar-refractivity contribution in [3.63, 3.8) is 0 Å². The first-order valence-electron chi connectivity index (χ1n) is 6.97. The topological polar surface area (TPSA) is 55.8 Å². The molecular formula is C15H23N3O2. The Hall–Kier alpha value is -1.59. The summed E-state index contributed by atoms with van der Waals surface area (Å²) in [6, 6.07) is 7.69. The molecule has 20 heavy (non-hydrogen) atoms. The zero-order valence-electron chi connectivity index (χ0n) is 12.3. The minimum Gasteiger partial charge on any atom is -0.389 e. The predicted octanol–water partition coefficient (Wildman–Crippen LogP) is 1.91. The van der Waals surface area contributed by atoms with Gasteiger partial charge in [0.2, 0.25) is 0 Å². The monoisotopic (exact) mass is 277 g/mol. The van der Waals surface area contributed by atoms with E-state index in [1.807, 2.05) is 43.3 Å². The molecule has 2 N–H and O–H groups in total. The molecule has 1 saturated heterocycles. The van der Waals surface area contributed by atoms with E-state index < -0.39 is 6.10 Å². The van der Waals surface area contributed by atoms with Crippen LogP contribution in [-0.4, -0.2) is 54.2 Å². The maximum Gasteiger partial charge on any atom is 0.321 e. The molecule has 1 aliphatic rings. The third-order valence-electron chi connectivity index (χ3n) is 3.80. The Kier molecular flexibility index (Phi) is 4.62. The maximum absolute atomic E-state index is 12.2. The predicted molar refractivity (Wildman–Crippen MR) is 79.8 cm³/mol. The minimum atomic E-state index is -0.531. The Morgan fingerprint density at radius 2 is 2.25 bits per heavy atom. The van der Waals surface area contributed by atoms with E-state index in [-0.39, 0.29) is 6.03 Å². The number of aliphatic hydroxyl groups excluding tert-OH is 1. The van der Waals surface area contributed by atoms with Crippen LogP contribution in [0.2, 0.25) is 0 Å². The molecule has 0 aliphatic carbocycles. The van der Waals surface area contributed by atoms with E-state index in [0.29, 0.717) is 6.04 Å². The highest BCUT2D eigenvalue weighted by molar-refractivity contribution is 5.89. The molecule has 5 nitrogen and oxygen atoms in total. The van der Waals surface area contributed by atoms with Crippen molar-refractivity contribution < 1.29 is 9.90 Å². The van der Waals surface area contributed by atoms with Gasteiger partial charge in [-0.1, -0.05) is 12.1 Å². The fourth-order valence-corrected chi connectivity index (χ4v) is 2.43. The van der Waals surface area contributed by atoms with Gasteiger partial charge in [0.05, 0.1) is 6.10 Å². The van der Waals surface area contributed by atoms with E-state index in [0.717, 1.165) is 30.8 Å². The summed E-state index contributed by atoms with van der Waals surface area (Å²) in [6.07, 6.45) is 0.477. The number of hydrogen-bond acceptors (Lipinski definition) is 3. The van der Waals surface area contributed by atoms with Crippen molar-refractivity contribution in [1.29, 1.82) is 0 Å². The molecule has 2 unspecified atom stereocenters. The molecular weight excluding hydrogens is 254 g/mol. The van der Waals surface area contributed by atoms with Gasteiger partial charge in [-0.05, 0) is 45.1 Å². The Bertz CT molecular complexity index is 474. The summed E-state index contributed by atoms with van der Waals surface area (Å²) >= 11 is 0. The molecule has 2 amide bonds. The number of aliphatic hydroxyl groups is 1. The summed E-state index contributed by atoms with van der Waals surface area (Å²) < 4.78 is 0. The number of carbonyl (C=O) groups excluding carboxylic acids is 1. The number of carbonyl (C=O) groups is 1. The maximum atomic E-state index is 12.2. The van der Waals surface area contributed by atoms with E-state index in [1.165, 1.54) is 0 Å². The highest BCUT2D eigenvalue weighted by Gasteiger charge is 2.27. The number of anilines is 1. The second-order valence-electron chi connectivity index (χ2n) is 5.58. The molecule has 0 spiro atoms. The Labute approximate surface area is 120 Å². The quantitative estimate of drug-likeness (QED) is 0.887. The van der Waals surface area contributed by atoms with Crippen LogP contribution in [0, 0.1) is 0 Å². The molecule has 1 aromatic carbocycles. The van der Waals surface area contributed by atoms with Crippen LogP contribution in [0.5, 0.6) is 0 Å². The molecule has 0 aromatic heterocycles. The van der Waals surface area contributed by atoms with Gasteiger partial charge in [0.1, 0.15) is 0 Å². The van der Waals surface area contributed by atoms with Crippen molar-refractivity contribution in [3.05, 3.63) is 29.8 Å². The third kappa shape index (κ3) is 3.49. The van der Waals surface area contributed by atoms with Crippen LogP contribution < -0.4 is 5.32 Å². The lowest BCUT2D eigenvalue weighted by Crippen LogP contribution is -2.36. The van der Waals surface area contributed by atoms with Crippen LogP contribution in [0.25, 0.3) is 0 Å². The van der Waals surface area contributed by atoms with Gasteiger partial charge < -0.3 is 20.2 Å². The van der Waals surface area contributed by atoms with Gasteiger partial charge in [0.25, 0.3) is 0 Å². The molecule has 1 fully saturated rings. The number of nitrogens with one attached hydrogen (secondary N) is 1.